The van der Waals surface area contributed by atoms with Gasteiger partial charge in [-0.05, 0) is 45.2 Å². The van der Waals surface area contributed by atoms with Crippen molar-refractivity contribution in [1.82, 2.24) is 4.90 Å². The molecule has 88 valence electrons. The van der Waals surface area contributed by atoms with Gasteiger partial charge in [0.2, 0.25) is 0 Å². The summed E-state index contributed by atoms with van der Waals surface area (Å²) in [5, 5.41) is 16.2. The third-order valence-electron chi connectivity index (χ3n) is 3.02. The van der Waals surface area contributed by atoms with Crippen molar-refractivity contribution in [2.45, 2.75) is 38.2 Å². The van der Waals surface area contributed by atoms with Crippen molar-refractivity contribution in [3.8, 4) is 0 Å². The average Bonchev–Trinajstić information content (AvgIpc) is 2.10. The number of aliphatic hydroxyl groups excluding tert-OH is 1. The highest BCUT2D eigenvalue weighted by molar-refractivity contribution is 5.76. The fourth-order valence-corrected chi connectivity index (χ4v) is 2.08. The summed E-state index contributed by atoms with van der Waals surface area (Å²) < 4.78 is 0. The Morgan fingerprint density at radius 2 is 2.13 bits per heavy atom. The zero-order valence-electron chi connectivity index (χ0n) is 9.58. The summed E-state index contributed by atoms with van der Waals surface area (Å²) >= 11 is 0. The molecule has 1 fully saturated rings. The van der Waals surface area contributed by atoms with Crippen molar-refractivity contribution in [2.24, 2.45) is 11.7 Å². The molecule has 0 bridgehead atoms. The lowest BCUT2D eigenvalue weighted by Gasteiger charge is -2.34. The van der Waals surface area contributed by atoms with Gasteiger partial charge in [-0.15, -0.1) is 0 Å². The largest absolute Gasteiger partial charge is 0.393 e. The lowest BCUT2D eigenvalue weighted by atomic mass is 9.82. The first-order valence-electron chi connectivity index (χ1n) is 5.77. The first kappa shape index (κ1) is 12.5. The van der Waals surface area contributed by atoms with Crippen LogP contribution in [0.5, 0.6) is 0 Å². The molecule has 0 aliphatic heterocycles. The lowest BCUT2D eigenvalue weighted by Crippen LogP contribution is -2.37. The van der Waals surface area contributed by atoms with Crippen LogP contribution in [0.1, 0.15) is 32.1 Å². The van der Waals surface area contributed by atoms with Gasteiger partial charge in [0.25, 0.3) is 0 Å². The molecule has 4 nitrogen and oxygen atoms in total. The maximum absolute atomic E-state index is 9.15. The van der Waals surface area contributed by atoms with Crippen LogP contribution in [0, 0.1) is 11.3 Å². The Morgan fingerprint density at radius 1 is 1.47 bits per heavy atom. The molecule has 0 aromatic carbocycles. The molecular weight excluding hydrogens is 190 g/mol. The Kier molecular flexibility index (Phi) is 5.05. The zero-order valence-corrected chi connectivity index (χ0v) is 9.58. The number of nitrogens with one attached hydrogen (secondary N) is 1. The molecule has 0 amide bonds. The molecule has 15 heavy (non-hydrogen) atoms. The van der Waals surface area contributed by atoms with Crippen molar-refractivity contribution in [3.05, 3.63) is 0 Å². The van der Waals surface area contributed by atoms with Gasteiger partial charge in [0.05, 0.1) is 11.9 Å². The topological polar surface area (TPSA) is 73.3 Å². The summed E-state index contributed by atoms with van der Waals surface area (Å²) in [6.45, 7) is 2.16. The molecule has 0 spiro atoms. The predicted octanol–water partition coefficient (Wildman–Crippen LogP) is 0.795. The summed E-state index contributed by atoms with van der Waals surface area (Å²) in [6.07, 6.45) is 4.73. The van der Waals surface area contributed by atoms with Gasteiger partial charge in [0, 0.05) is 13.0 Å². The molecule has 0 aromatic heterocycles. The smallest absolute Gasteiger partial charge is 0.0905 e. The quantitative estimate of drug-likeness (QED) is 0.333. The second-order valence-corrected chi connectivity index (χ2v) is 4.74. The Hall–Kier alpha value is -0.610. The number of nitrogens with two attached hydrogens (primary N) is 1. The van der Waals surface area contributed by atoms with Gasteiger partial charge in [-0.1, -0.05) is 0 Å². The number of aliphatic hydroxyl groups is 1. The SMILES string of the molecule is CN(CCCCC(=N)N)CC1CC(O)C1. The van der Waals surface area contributed by atoms with Gasteiger partial charge in [0.15, 0.2) is 0 Å². The van der Waals surface area contributed by atoms with Gasteiger partial charge < -0.3 is 15.7 Å². The van der Waals surface area contributed by atoms with Gasteiger partial charge in [-0.3, -0.25) is 5.41 Å². The van der Waals surface area contributed by atoms with E-state index in [0.29, 0.717) is 11.8 Å². The van der Waals surface area contributed by atoms with E-state index in [-0.39, 0.29) is 6.10 Å². The van der Waals surface area contributed by atoms with Crippen molar-refractivity contribution >= 4 is 5.84 Å². The van der Waals surface area contributed by atoms with Crippen LogP contribution >= 0.6 is 0 Å². The van der Waals surface area contributed by atoms with E-state index in [9.17, 15) is 0 Å². The molecule has 1 aliphatic rings. The van der Waals surface area contributed by atoms with E-state index in [1.807, 2.05) is 0 Å². The highest BCUT2D eigenvalue weighted by Crippen LogP contribution is 2.27. The molecule has 0 radical (unpaired) electrons. The van der Waals surface area contributed by atoms with Crippen molar-refractivity contribution in [3.63, 3.8) is 0 Å². The van der Waals surface area contributed by atoms with Gasteiger partial charge in [-0.25, -0.2) is 0 Å². The lowest BCUT2D eigenvalue weighted by molar-refractivity contribution is 0.0282. The van der Waals surface area contributed by atoms with Crippen LogP contribution in [-0.2, 0) is 0 Å². The van der Waals surface area contributed by atoms with E-state index in [0.717, 1.165) is 45.2 Å². The Morgan fingerprint density at radius 3 is 2.67 bits per heavy atom. The molecule has 0 saturated heterocycles. The maximum atomic E-state index is 9.15. The van der Waals surface area contributed by atoms with Crippen LogP contribution in [0.4, 0.5) is 0 Å². The van der Waals surface area contributed by atoms with Crippen LogP contribution in [0.15, 0.2) is 0 Å². The van der Waals surface area contributed by atoms with Crippen molar-refractivity contribution in [1.29, 1.82) is 5.41 Å². The molecule has 0 aromatic rings. The molecular formula is C11H23N3O. The number of hydrogen-bond donors (Lipinski definition) is 3. The van der Waals surface area contributed by atoms with E-state index in [1.54, 1.807) is 0 Å². The van der Waals surface area contributed by atoms with E-state index < -0.39 is 0 Å². The van der Waals surface area contributed by atoms with Crippen LogP contribution in [0.2, 0.25) is 0 Å². The molecule has 1 aliphatic carbocycles. The number of nitrogens with zero attached hydrogens (tertiary/aromatic N) is 1. The summed E-state index contributed by atoms with van der Waals surface area (Å²) in [5.74, 6) is 0.984. The van der Waals surface area contributed by atoms with Crippen LogP contribution < -0.4 is 5.73 Å². The molecule has 1 rings (SSSR count). The van der Waals surface area contributed by atoms with E-state index in [4.69, 9.17) is 16.2 Å². The maximum Gasteiger partial charge on any atom is 0.0905 e. The second kappa shape index (κ2) is 6.08. The highest BCUT2D eigenvalue weighted by Gasteiger charge is 2.27. The summed E-state index contributed by atoms with van der Waals surface area (Å²) in [6, 6.07) is 0. The fraction of sp³-hybridized carbons (Fsp3) is 0.909. The number of amidine groups is 1. The monoisotopic (exact) mass is 213 g/mol. The number of unbranched alkanes of at least 4 members (excludes halogenated alkanes) is 1. The zero-order chi connectivity index (χ0) is 11.3. The van der Waals surface area contributed by atoms with Gasteiger partial charge >= 0.3 is 0 Å². The van der Waals surface area contributed by atoms with Crippen LogP contribution in [-0.4, -0.2) is 42.1 Å². The minimum absolute atomic E-state index is 0.0406. The second-order valence-electron chi connectivity index (χ2n) is 4.74. The van der Waals surface area contributed by atoms with Gasteiger partial charge in [-0.2, -0.15) is 0 Å². The van der Waals surface area contributed by atoms with Crippen molar-refractivity contribution < 1.29 is 5.11 Å². The summed E-state index contributed by atoms with van der Waals surface area (Å²) in [4.78, 5) is 2.32. The van der Waals surface area contributed by atoms with Crippen LogP contribution in [0.25, 0.3) is 0 Å². The first-order valence-corrected chi connectivity index (χ1v) is 5.77. The Balaban J connectivity index is 1.94. The third-order valence-corrected chi connectivity index (χ3v) is 3.02. The molecule has 1 saturated carbocycles. The fourth-order valence-electron chi connectivity index (χ4n) is 2.08. The molecule has 0 heterocycles. The Bertz CT molecular complexity index is 202. The Labute approximate surface area is 92.0 Å². The van der Waals surface area contributed by atoms with Crippen LogP contribution in [0.3, 0.4) is 0 Å². The molecule has 4 N–H and O–H groups in total. The van der Waals surface area contributed by atoms with E-state index in [1.165, 1.54) is 0 Å². The minimum atomic E-state index is -0.0406. The minimum Gasteiger partial charge on any atom is -0.393 e. The number of rotatable bonds is 7. The van der Waals surface area contributed by atoms with E-state index >= 15 is 0 Å². The predicted molar refractivity (Wildman–Crippen MR) is 62.0 cm³/mol. The summed E-state index contributed by atoms with van der Waals surface area (Å²) in [7, 11) is 2.12. The molecule has 4 heteroatoms. The molecule has 0 unspecified atom stereocenters. The summed E-state index contributed by atoms with van der Waals surface area (Å²) in [5.41, 5.74) is 5.28. The normalized spacial score (nSPS) is 25.3. The van der Waals surface area contributed by atoms with E-state index in [2.05, 4.69) is 11.9 Å². The highest BCUT2D eigenvalue weighted by atomic mass is 16.3. The third kappa shape index (κ3) is 5.14. The molecule has 0 atom stereocenters. The standard InChI is InChI=1S/C11H23N3O/c1-14(5-3-2-4-11(12)13)8-9-6-10(15)7-9/h9-10,15H,2-8H2,1H3,(H3,12,13). The van der Waals surface area contributed by atoms with Gasteiger partial charge in [0.1, 0.15) is 0 Å². The van der Waals surface area contributed by atoms with Crippen molar-refractivity contribution in [2.75, 3.05) is 20.1 Å². The average molecular weight is 213 g/mol. The number of hydrogen-bond acceptors (Lipinski definition) is 3. The first-order chi connectivity index (χ1) is 7.08.